The smallest absolute Gasteiger partial charge is 0.412 e. The third-order valence-corrected chi connectivity index (χ3v) is 2.21. The SMILES string of the molecule is Cc1cccc(N(C)C(=S)[S-])c1.O.[Na+]. The van der Waals surface area contributed by atoms with Gasteiger partial charge in [0.1, 0.15) is 0 Å². The zero-order valence-electron chi connectivity index (χ0n) is 8.57. The average Bonchev–Trinajstić information content (AvgIpc) is 2.03. The molecule has 0 aromatic heterocycles. The van der Waals surface area contributed by atoms with Crippen molar-refractivity contribution in [3.8, 4) is 0 Å². The fraction of sp³-hybridized carbons (Fsp3) is 0.222. The van der Waals surface area contributed by atoms with Crippen molar-refractivity contribution in [2.24, 2.45) is 0 Å². The quantitative estimate of drug-likeness (QED) is 0.337. The third kappa shape index (κ3) is 4.68. The van der Waals surface area contributed by atoms with Gasteiger partial charge in [-0.3, -0.25) is 0 Å². The Kier molecular flexibility index (Phi) is 9.03. The average molecular weight is 237 g/mol. The number of rotatable bonds is 1. The van der Waals surface area contributed by atoms with Gasteiger partial charge in [0.15, 0.2) is 0 Å². The summed E-state index contributed by atoms with van der Waals surface area (Å²) in [5, 5.41) is 0. The second-order valence-corrected chi connectivity index (χ2v) is 3.70. The molecule has 0 aliphatic carbocycles. The van der Waals surface area contributed by atoms with Crippen molar-refractivity contribution in [1.29, 1.82) is 0 Å². The number of hydrogen-bond donors (Lipinski definition) is 0. The molecule has 0 bridgehead atoms. The van der Waals surface area contributed by atoms with Crippen molar-refractivity contribution < 1.29 is 35.0 Å². The number of hydrogen-bond acceptors (Lipinski definition) is 2. The molecule has 72 valence electrons. The molecule has 5 heteroatoms. The van der Waals surface area contributed by atoms with Gasteiger partial charge in [-0.1, -0.05) is 16.5 Å². The zero-order chi connectivity index (χ0) is 9.14. The van der Waals surface area contributed by atoms with Crippen molar-refractivity contribution in [1.82, 2.24) is 0 Å². The van der Waals surface area contributed by atoms with E-state index in [2.05, 4.69) is 6.07 Å². The summed E-state index contributed by atoms with van der Waals surface area (Å²) in [6.45, 7) is 2.05. The molecule has 1 rings (SSSR count). The molecular weight excluding hydrogens is 225 g/mol. The monoisotopic (exact) mass is 237 g/mol. The van der Waals surface area contributed by atoms with Crippen molar-refractivity contribution >= 4 is 34.9 Å². The molecule has 2 N–H and O–H groups in total. The molecule has 0 heterocycles. The Balaban J connectivity index is 0. The zero-order valence-corrected chi connectivity index (χ0v) is 12.2. The largest absolute Gasteiger partial charge is 1.00 e. The van der Waals surface area contributed by atoms with E-state index in [4.69, 9.17) is 24.8 Å². The summed E-state index contributed by atoms with van der Waals surface area (Å²) in [6, 6.07) is 8.09. The van der Waals surface area contributed by atoms with Gasteiger partial charge in [0.05, 0.1) is 0 Å². The first-order valence-electron chi connectivity index (χ1n) is 3.62. The Labute approximate surface area is 118 Å². The van der Waals surface area contributed by atoms with E-state index in [9.17, 15) is 0 Å². The predicted octanol–water partition coefficient (Wildman–Crippen LogP) is -1.56. The molecule has 0 aliphatic heterocycles. The maximum absolute atomic E-state index is 4.88. The first-order valence-corrected chi connectivity index (χ1v) is 4.44. The van der Waals surface area contributed by atoms with Crippen molar-refractivity contribution in [3.05, 3.63) is 29.8 Å². The molecule has 0 unspecified atom stereocenters. The number of thiocarbonyl (C=S) groups is 1. The maximum Gasteiger partial charge on any atom is 1.00 e. The van der Waals surface area contributed by atoms with E-state index in [1.54, 1.807) is 0 Å². The minimum atomic E-state index is 0. The van der Waals surface area contributed by atoms with Gasteiger partial charge in [0, 0.05) is 12.7 Å². The third-order valence-electron chi connectivity index (χ3n) is 1.66. The van der Waals surface area contributed by atoms with E-state index in [-0.39, 0.29) is 35.0 Å². The predicted molar refractivity (Wildman–Crippen MR) is 63.2 cm³/mol. The van der Waals surface area contributed by atoms with E-state index in [1.165, 1.54) is 5.56 Å². The van der Waals surface area contributed by atoms with Gasteiger partial charge in [-0.15, -0.1) is 0 Å². The number of aryl methyl sites for hydroxylation is 1. The molecule has 0 radical (unpaired) electrons. The summed E-state index contributed by atoms with van der Waals surface area (Å²) in [5.41, 5.74) is 2.26. The Hall–Kier alpha value is 0.290. The molecule has 0 spiro atoms. The number of anilines is 1. The maximum atomic E-state index is 4.88. The van der Waals surface area contributed by atoms with Gasteiger partial charge in [-0.2, -0.15) is 0 Å². The minimum Gasteiger partial charge on any atom is -0.412 e. The van der Waals surface area contributed by atoms with Crippen LogP contribution in [0.1, 0.15) is 5.56 Å². The van der Waals surface area contributed by atoms with Crippen LogP contribution >= 0.6 is 12.2 Å². The van der Waals surface area contributed by atoms with Gasteiger partial charge in [0.25, 0.3) is 0 Å². The van der Waals surface area contributed by atoms with Gasteiger partial charge < -0.3 is 35.2 Å². The summed E-state index contributed by atoms with van der Waals surface area (Å²) in [6.07, 6.45) is 0. The molecule has 0 aliphatic rings. The van der Waals surface area contributed by atoms with Crippen LogP contribution in [0.15, 0.2) is 24.3 Å². The van der Waals surface area contributed by atoms with Crippen molar-refractivity contribution in [2.75, 3.05) is 11.9 Å². The van der Waals surface area contributed by atoms with Crippen LogP contribution in [0.2, 0.25) is 0 Å². The number of nitrogens with zero attached hydrogens (tertiary/aromatic N) is 1. The van der Waals surface area contributed by atoms with Gasteiger partial charge in [-0.25, -0.2) is 0 Å². The van der Waals surface area contributed by atoms with E-state index in [1.807, 2.05) is 37.1 Å². The molecular formula is C9H12NNaOS2. The second-order valence-electron chi connectivity index (χ2n) is 2.66. The Morgan fingerprint density at radius 3 is 2.43 bits per heavy atom. The summed E-state index contributed by atoms with van der Waals surface area (Å²) >= 11 is 9.77. The molecule has 0 atom stereocenters. The molecule has 1 aromatic carbocycles. The Morgan fingerprint density at radius 1 is 1.43 bits per heavy atom. The van der Waals surface area contributed by atoms with Crippen LogP contribution in [0.25, 0.3) is 0 Å². The van der Waals surface area contributed by atoms with Crippen molar-refractivity contribution in [2.45, 2.75) is 6.92 Å². The minimum absolute atomic E-state index is 0. The molecule has 0 fully saturated rings. The summed E-state index contributed by atoms with van der Waals surface area (Å²) in [5.74, 6) is 0. The van der Waals surface area contributed by atoms with Gasteiger partial charge in [-0.05, 0) is 24.6 Å². The summed E-state index contributed by atoms with van der Waals surface area (Å²) in [7, 11) is 1.88. The van der Waals surface area contributed by atoms with Gasteiger partial charge in [0.2, 0.25) is 0 Å². The Morgan fingerprint density at radius 2 is 2.00 bits per heavy atom. The molecule has 0 saturated heterocycles. The van der Waals surface area contributed by atoms with Crippen LogP contribution in [0.5, 0.6) is 0 Å². The van der Waals surface area contributed by atoms with Crippen LogP contribution in [0, 0.1) is 6.92 Å². The second kappa shape index (κ2) is 7.56. The van der Waals surface area contributed by atoms with E-state index in [0.717, 1.165) is 5.69 Å². The first kappa shape index (κ1) is 16.7. The molecule has 0 saturated carbocycles. The van der Waals surface area contributed by atoms with Crippen LogP contribution in [-0.2, 0) is 12.6 Å². The van der Waals surface area contributed by atoms with Crippen molar-refractivity contribution in [3.63, 3.8) is 0 Å². The fourth-order valence-electron chi connectivity index (χ4n) is 0.942. The first-order chi connectivity index (χ1) is 5.61. The Bertz CT molecular complexity index is 307. The van der Waals surface area contributed by atoms with E-state index < -0.39 is 0 Å². The standard InChI is InChI=1S/C9H11NS2.Na.H2O/c1-7-4-3-5-8(6-7)10(2)9(11)12;;/h3-6H,1-2H3,(H,11,12);;1H2/q;+1;/p-1. The molecule has 14 heavy (non-hydrogen) atoms. The van der Waals surface area contributed by atoms with E-state index >= 15 is 0 Å². The van der Waals surface area contributed by atoms with Crippen LogP contribution in [-0.4, -0.2) is 16.8 Å². The summed E-state index contributed by atoms with van der Waals surface area (Å²) in [4.78, 5) is 1.82. The number of benzene rings is 1. The topological polar surface area (TPSA) is 34.7 Å². The molecule has 2 nitrogen and oxygen atoms in total. The fourth-order valence-corrected chi connectivity index (χ4v) is 1.15. The van der Waals surface area contributed by atoms with Crippen LogP contribution < -0.4 is 34.5 Å². The van der Waals surface area contributed by atoms with Gasteiger partial charge >= 0.3 is 29.6 Å². The molecule has 1 aromatic rings. The van der Waals surface area contributed by atoms with E-state index in [0.29, 0.717) is 4.32 Å². The molecule has 0 amide bonds. The van der Waals surface area contributed by atoms with Crippen LogP contribution in [0.4, 0.5) is 5.69 Å². The van der Waals surface area contributed by atoms with Crippen LogP contribution in [0.3, 0.4) is 0 Å². The normalized spacial score (nSPS) is 8.14. The summed E-state index contributed by atoms with van der Waals surface area (Å²) < 4.78 is 0.473.